The molecular weight excluding hydrogens is 871 g/mol. The van der Waals surface area contributed by atoms with Crippen LogP contribution in [0.2, 0.25) is 0 Å². The van der Waals surface area contributed by atoms with Gasteiger partial charge in [0.05, 0.1) is 17.1 Å². The normalized spacial score (nSPS) is 11.1. The van der Waals surface area contributed by atoms with Crippen molar-refractivity contribution in [2.24, 2.45) is 0 Å². The van der Waals surface area contributed by atoms with Crippen LogP contribution in [0.5, 0.6) is 0 Å². The summed E-state index contributed by atoms with van der Waals surface area (Å²) in [5.41, 5.74) is 24.0. The summed E-state index contributed by atoms with van der Waals surface area (Å²) in [6, 6.07) is 94.6. The molecule has 3 nitrogen and oxygen atoms in total. The van der Waals surface area contributed by atoms with Crippen molar-refractivity contribution in [1.82, 2.24) is 15.0 Å². The van der Waals surface area contributed by atoms with E-state index < -0.39 is 0 Å². The second-order valence-electron chi connectivity index (χ2n) is 18.0. The van der Waals surface area contributed by atoms with E-state index in [1.165, 1.54) is 16.7 Å². The molecule has 3 heteroatoms. The van der Waals surface area contributed by atoms with Crippen molar-refractivity contribution in [1.29, 1.82) is 0 Å². The lowest BCUT2D eigenvalue weighted by Gasteiger charge is -2.18. The predicted octanol–water partition coefficient (Wildman–Crippen LogP) is 18.2. The minimum Gasteiger partial charge on any atom is -0.256 e. The summed E-state index contributed by atoms with van der Waals surface area (Å²) in [6.45, 7) is 0. The Morgan fingerprint density at radius 2 is 0.403 bits per heavy atom. The molecule has 0 bridgehead atoms. The van der Waals surface area contributed by atoms with Crippen molar-refractivity contribution in [3.05, 3.63) is 286 Å². The number of hydrogen-bond acceptors (Lipinski definition) is 3. The molecule has 3 heterocycles. The number of aromatic nitrogens is 3. The van der Waals surface area contributed by atoms with Gasteiger partial charge in [0.15, 0.2) is 0 Å². The molecule has 0 amide bonds. The molecule has 9 aromatic carbocycles. The van der Waals surface area contributed by atoms with E-state index in [4.69, 9.17) is 15.0 Å². The van der Waals surface area contributed by atoms with Gasteiger partial charge in [-0.25, -0.2) is 0 Å². The maximum Gasteiger partial charge on any atom is 0.0702 e. The Morgan fingerprint density at radius 3 is 0.764 bits per heavy atom. The molecule has 0 unspecified atom stereocenters. The topological polar surface area (TPSA) is 38.7 Å². The average Bonchev–Trinajstić information content (AvgIpc) is 3.48. The number of benzene rings is 9. The molecule has 0 spiro atoms. The molecular formula is C69H47N3. The molecule has 0 radical (unpaired) electrons. The lowest BCUT2D eigenvalue weighted by Crippen LogP contribution is -1.93. The first-order chi connectivity index (χ1) is 35.7. The Kier molecular flexibility index (Phi) is 12.0. The van der Waals surface area contributed by atoms with Crippen molar-refractivity contribution in [2.75, 3.05) is 0 Å². The molecule has 0 fully saturated rings. The maximum atomic E-state index is 5.11. The van der Waals surface area contributed by atoms with E-state index in [0.717, 1.165) is 106 Å². The molecule has 0 N–H and O–H groups in total. The van der Waals surface area contributed by atoms with Crippen molar-refractivity contribution < 1.29 is 0 Å². The van der Waals surface area contributed by atoms with Crippen LogP contribution >= 0.6 is 0 Å². The first kappa shape index (κ1) is 43.7. The fourth-order valence-electron chi connectivity index (χ4n) is 9.79. The summed E-state index contributed by atoms with van der Waals surface area (Å²) in [7, 11) is 0. The Labute approximate surface area is 421 Å². The first-order valence-corrected chi connectivity index (χ1v) is 24.4. The van der Waals surface area contributed by atoms with Gasteiger partial charge in [0.25, 0.3) is 0 Å². The molecule has 0 aliphatic rings. The van der Waals surface area contributed by atoms with E-state index in [0.29, 0.717) is 0 Å². The Hall–Kier alpha value is -9.57. The summed E-state index contributed by atoms with van der Waals surface area (Å²) >= 11 is 0. The third-order valence-electron chi connectivity index (χ3n) is 13.5. The van der Waals surface area contributed by atoms with Gasteiger partial charge >= 0.3 is 0 Å². The van der Waals surface area contributed by atoms with Crippen LogP contribution in [-0.4, -0.2) is 15.0 Å². The smallest absolute Gasteiger partial charge is 0.0702 e. The molecule has 72 heavy (non-hydrogen) atoms. The molecule has 0 saturated carbocycles. The predicted molar refractivity (Wildman–Crippen MR) is 300 cm³/mol. The summed E-state index contributed by atoms with van der Waals surface area (Å²) < 4.78 is 0. The Morgan fingerprint density at radius 1 is 0.153 bits per heavy atom. The first-order valence-electron chi connectivity index (χ1n) is 24.4. The SMILES string of the molecule is c1ccc(-c2ccc(-c3cccc(-c4ccc(-c5ccccc5-c5cc(-c6ccccc6-c6ccc(-c7ccccc7)nc6)cc(-c6ccccc6-c6ccc(-c7ccccc7)nc6)c5)cn4)c3)cc2)cc1. The molecule has 0 atom stereocenters. The van der Waals surface area contributed by atoms with Crippen molar-refractivity contribution in [3.8, 4) is 123 Å². The van der Waals surface area contributed by atoms with E-state index in [9.17, 15) is 0 Å². The van der Waals surface area contributed by atoms with Crippen LogP contribution in [0.3, 0.4) is 0 Å². The minimum absolute atomic E-state index is 0.925. The third-order valence-corrected chi connectivity index (χ3v) is 13.5. The Bertz CT molecular complexity index is 3650. The summed E-state index contributed by atoms with van der Waals surface area (Å²) in [4.78, 5) is 15.0. The van der Waals surface area contributed by atoms with Gasteiger partial charge in [-0.3, -0.25) is 15.0 Å². The zero-order chi connectivity index (χ0) is 48.1. The van der Waals surface area contributed by atoms with Crippen molar-refractivity contribution >= 4 is 0 Å². The number of nitrogens with zero attached hydrogens (tertiary/aromatic N) is 3. The van der Waals surface area contributed by atoms with Gasteiger partial charge in [0.2, 0.25) is 0 Å². The largest absolute Gasteiger partial charge is 0.256 e. The maximum absolute atomic E-state index is 5.11. The van der Waals surface area contributed by atoms with Gasteiger partial charge in [0, 0.05) is 52.0 Å². The zero-order valence-electron chi connectivity index (χ0n) is 39.5. The number of rotatable bonds is 11. The van der Waals surface area contributed by atoms with E-state index in [2.05, 4.69) is 255 Å². The van der Waals surface area contributed by atoms with Gasteiger partial charge in [0.1, 0.15) is 0 Å². The van der Waals surface area contributed by atoms with Crippen LogP contribution in [0.25, 0.3) is 123 Å². The van der Waals surface area contributed by atoms with Crippen LogP contribution in [0.4, 0.5) is 0 Å². The molecule has 338 valence electrons. The molecule has 0 aliphatic carbocycles. The fourth-order valence-corrected chi connectivity index (χ4v) is 9.79. The van der Waals surface area contributed by atoms with Crippen LogP contribution in [0, 0.1) is 0 Å². The molecule has 12 aromatic rings. The van der Waals surface area contributed by atoms with Crippen LogP contribution in [0.15, 0.2) is 286 Å². The highest BCUT2D eigenvalue weighted by atomic mass is 14.7. The van der Waals surface area contributed by atoms with Gasteiger partial charge < -0.3 is 0 Å². The lowest BCUT2D eigenvalue weighted by molar-refractivity contribution is 1.32. The monoisotopic (exact) mass is 917 g/mol. The zero-order valence-corrected chi connectivity index (χ0v) is 39.5. The van der Waals surface area contributed by atoms with Crippen LogP contribution in [0.1, 0.15) is 0 Å². The van der Waals surface area contributed by atoms with Gasteiger partial charge in [-0.05, 0) is 115 Å². The molecule has 0 aliphatic heterocycles. The third kappa shape index (κ3) is 9.07. The van der Waals surface area contributed by atoms with Crippen molar-refractivity contribution in [2.45, 2.75) is 0 Å². The van der Waals surface area contributed by atoms with Crippen LogP contribution < -0.4 is 0 Å². The Balaban J connectivity index is 0.933. The van der Waals surface area contributed by atoms with E-state index >= 15 is 0 Å². The second-order valence-corrected chi connectivity index (χ2v) is 18.0. The standard InChI is InChI=1S/C69H47N3/c1-4-17-48(18-5-1)49-31-33-50(34-32-49)53-23-16-24-54(41-53)69-40-37-57(47-72-69)63-27-12-15-30-66(63)60-43-58(64-28-13-10-25-61(64)55-35-38-67(70-45-55)51-19-6-2-7-20-51)42-59(44-60)65-29-14-11-26-62(65)56-36-39-68(71-46-56)52-21-8-3-9-22-52/h1-47H. The van der Waals surface area contributed by atoms with E-state index in [-0.39, 0.29) is 0 Å². The molecule has 3 aromatic heterocycles. The summed E-state index contributed by atoms with van der Waals surface area (Å²) in [5.74, 6) is 0. The summed E-state index contributed by atoms with van der Waals surface area (Å²) in [5, 5.41) is 0. The highest BCUT2D eigenvalue weighted by molar-refractivity contribution is 5.94. The molecule has 12 rings (SSSR count). The molecule has 0 saturated heterocycles. The second kappa shape index (κ2) is 19.8. The highest BCUT2D eigenvalue weighted by Crippen LogP contribution is 2.43. The fraction of sp³-hybridized carbons (Fsp3) is 0. The van der Waals surface area contributed by atoms with Gasteiger partial charge in [-0.15, -0.1) is 0 Å². The number of pyridine rings is 3. The van der Waals surface area contributed by atoms with E-state index in [1.807, 2.05) is 30.7 Å². The average molecular weight is 918 g/mol. The highest BCUT2D eigenvalue weighted by Gasteiger charge is 2.17. The van der Waals surface area contributed by atoms with Gasteiger partial charge in [-0.2, -0.15) is 0 Å². The van der Waals surface area contributed by atoms with Crippen LogP contribution in [-0.2, 0) is 0 Å². The quantitative estimate of drug-likeness (QED) is 0.130. The van der Waals surface area contributed by atoms with Gasteiger partial charge in [-0.1, -0.05) is 224 Å². The summed E-state index contributed by atoms with van der Waals surface area (Å²) in [6.07, 6.45) is 6.01. The van der Waals surface area contributed by atoms with E-state index in [1.54, 1.807) is 0 Å². The minimum atomic E-state index is 0.925. The lowest BCUT2D eigenvalue weighted by atomic mass is 9.86. The number of hydrogen-bond donors (Lipinski definition) is 0. The van der Waals surface area contributed by atoms with Crippen molar-refractivity contribution in [3.63, 3.8) is 0 Å².